The predicted molar refractivity (Wildman–Crippen MR) is 61.8 cm³/mol. The summed E-state index contributed by atoms with van der Waals surface area (Å²) in [6.45, 7) is 0. The monoisotopic (exact) mass is 291 g/mol. The number of hydrogen-bond donors (Lipinski definition) is 3. The van der Waals surface area contributed by atoms with Crippen LogP contribution in [0, 0.1) is 0 Å². The Balaban J connectivity index is 2.86. The van der Waals surface area contributed by atoms with Crippen LogP contribution in [0.25, 0.3) is 0 Å². The molecular formula is C12H12F3NO4. The van der Waals surface area contributed by atoms with Gasteiger partial charge in [-0.2, -0.15) is 13.2 Å². The van der Waals surface area contributed by atoms with Gasteiger partial charge in [0.25, 0.3) is 0 Å². The highest BCUT2D eigenvalue weighted by atomic mass is 19.4. The number of carbonyl (C=O) groups excluding carboxylic acids is 1. The molecule has 0 fully saturated rings. The summed E-state index contributed by atoms with van der Waals surface area (Å²) in [5.74, 6) is -4.01. The summed E-state index contributed by atoms with van der Waals surface area (Å²) in [4.78, 5) is 21.5. The van der Waals surface area contributed by atoms with Crippen LogP contribution >= 0.6 is 0 Å². The number of amides is 1. The summed E-state index contributed by atoms with van der Waals surface area (Å²) in [7, 11) is 0. The highest BCUT2D eigenvalue weighted by molar-refractivity contribution is 5.83. The predicted octanol–water partition coefficient (Wildman–Crippen LogP) is 0.722. The second-order valence-electron chi connectivity index (χ2n) is 4.05. The zero-order valence-corrected chi connectivity index (χ0v) is 10.1. The Morgan fingerprint density at radius 2 is 1.75 bits per heavy atom. The summed E-state index contributed by atoms with van der Waals surface area (Å²) < 4.78 is 36.5. The Morgan fingerprint density at radius 1 is 1.20 bits per heavy atom. The molecule has 110 valence electrons. The third kappa shape index (κ3) is 4.54. The number of nitrogens with one attached hydrogen (secondary N) is 1. The Kier molecular flexibility index (Phi) is 5.09. The van der Waals surface area contributed by atoms with Crippen molar-refractivity contribution < 1.29 is 33.0 Å². The fraction of sp³-hybridized carbons (Fsp3) is 0.333. The lowest BCUT2D eigenvalue weighted by Gasteiger charge is -2.22. The molecule has 0 saturated carbocycles. The zero-order chi connectivity index (χ0) is 15.3. The molecule has 1 rings (SSSR count). The minimum absolute atomic E-state index is 0.240. The van der Waals surface area contributed by atoms with E-state index < -0.39 is 30.2 Å². The van der Waals surface area contributed by atoms with Crippen LogP contribution in [-0.2, 0) is 16.0 Å². The van der Waals surface area contributed by atoms with Crippen molar-refractivity contribution in [2.45, 2.75) is 24.7 Å². The number of aliphatic hydroxyl groups is 1. The molecule has 2 atom stereocenters. The molecule has 8 heteroatoms. The van der Waals surface area contributed by atoms with Gasteiger partial charge >= 0.3 is 18.1 Å². The Labute approximate surface area is 112 Å². The molecule has 1 amide bonds. The van der Waals surface area contributed by atoms with Gasteiger partial charge in [-0.05, 0) is 12.0 Å². The second kappa shape index (κ2) is 6.38. The maximum atomic E-state index is 12.2. The van der Waals surface area contributed by atoms with Gasteiger partial charge in [-0.25, -0.2) is 4.79 Å². The van der Waals surface area contributed by atoms with Crippen molar-refractivity contribution in [3.05, 3.63) is 35.9 Å². The van der Waals surface area contributed by atoms with E-state index in [0.717, 1.165) is 0 Å². The van der Waals surface area contributed by atoms with E-state index in [1.807, 2.05) is 0 Å². The lowest BCUT2D eigenvalue weighted by molar-refractivity contribution is -0.175. The van der Waals surface area contributed by atoms with Crippen molar-refractivity contribution in [3.8, 4) is 0 Å². The van der Waals surface area contributed by atoms with Crippen molar-refractivity contribution in [2.75, 3.05) is 0 Å². The Bertz CT molecular complexity index is 475. The fourth-order valence-electron chi connectivity index (χ4n) is 1.53. The van der Waals surface area contributed by atoms with E-state index in [2.05, 4.69) is 0 Å². The number of hydrogen-bond acceptors (Lipinski definition) is 3. The van der Waals surface area contributed by atoms with Crippen molar-refractivity contribution >= 4 is 11.9 Å². The molecule has 1 aromatic rings. The molecule has 0 aliphatic rings. The van der Waals surface area contributed by atoms with E-state index in [1.54, 1.807) is 30.3 Å². The summed E-state index contributed by atoms with van der Waals surface area (Å²) in [6.07, 6.45) is -7.52. The van der Waals surface area contributed by atoms with Crippen molar-refractivity contribution in [2.24, 2.45) is 0 Å². The number of rotatable bonds is 5. The molecule has 0 aliphatic carbocycles. The van der Waals surface area contributed by atoms with Gasteiger partial charge in [0, 0.05) is 0 Å². The standard InChI is InChI=1S/C12H12F3NO4/c13-12(14,15)11(20)16-8(9(17)10(18)19)6-7-4-2-1-3-5-7/h1-5,8-9,17H,6H2,(H,16,20)(H,18,19)/t8-,9?/m0/s1. The number of alkyl halides is 3. The van der Waals surface area contributed by atoms with Crippen LogP contribution in [0.15, 0.2) is 30.3 Å². The average Bonchev–Trinajstić information content (AvgIpc) is 2.37. The maximum Gasteiger partial charge on any atom is 0.471 e. The maximum absolute atomic E-state index is 12.2. The minimum atomic E-state index is -5.15. The molecule has 20 heavy (non-hydrogen) atoms. The topological polar surface area (TPSA) is 86.6 Å². The van der Waals surface area contributed by atoms with Gasteiger partial charge in [-0.1, -0.05) is 30.3 Å². The molecule has 0 bridgehead atoms. The van der Waals surface area contributed by atoms with E-state index in [0.29, 0.717) is 5.56 Å². The van der Waals surface area contributed by atoms with Crippen LogP contribution in [0.1, 0.15) is 5.56 Å². The van der Waals surface area contributed by atoms with E-state index in [-0.39, 0.29) is 6.42 Å². The first-order chi connectivity index (χ1) is 9.21. The number of carboxylic acids is 1. The third-order valence-electron chi connectivity index (χ3n) is 2.51. The van der Waals surface area contributed by atoms with Gasteiger partial charge in [0.15, 0.2) is 6.10 Å². The van der Waals surface area contributed by atoms with Gasteiger partial charge in [-0.15, -0.1) is 0 Å². The Morgan fingerprint density at radius 3 is 2.20 bits per heavy atom. The molecule has 3 N–H and O–H groups in total. The number of aliphatic carboxylic acids is 1. The lowest BCUT2D eigenvalue weighted by atomic mass is 10.0. The molecule has 0 aliphatic heterocycles. The van der Waals surface area contributed by atoms with E-state index >= 15 is 0 Å². The smallest absolute Gasteiger partial charge is 0.471 e. The van der Waals surface area contributed by atoms with Gasteiger partial charge in [0.1, 0.15) is 0 Å². The fourth-order valence-corrected chi connectivity index (χ4v) is 1.53. The molecule has 0 radical (unpaired) electrons. The van der Waals surface area contributed by atoms with Crippen LogP contribution in [0.2, 0.25) is 0 Å². The Hall–Kier alpha value is -2.09. The third-order valence-corrected chi connectivity index (χ3v) is 2.51. The first-order valence-corrected chi connectivity index (χ1v) is 5.54. The minimum Gasteiger partial charge on any atom is -0.479 e. The van der Waals surface area contributed by atoms with Crippen LogP contribution in [0.5, 0.6) is 0 Å². The number of halogens is 3. The molecular weight excluding hydrogens is 279 g/mol. The van der Waals surface area contributed by atoms with Crippen LogP contribution in [0.4, 0.5) is 13.2 Å². The number of carbonyl (C=O) groups is 2. The lowest BCUT2D eigenvalue weighted by Crippen LogP contribution is -2.51. The normalized spacial score (nSPS) is 14.4. The van der Waals surface area contributed by atoms with Gasteiger partial charge in [-0.3, -0.25) is 4.79 Å². The summed E-state index contributed by atoms with van der Waals surface area (Å²) >= 11 is 0. The van der Waals surface area contributed by atoms with Crippen LogP contribution in [0.3, 0.4) is 0 Å². The van der Waals surface area contributed by atoms with Crippen molar-refractivity contribution in [1.29, 1.82) is 0 Å². The molecule has 0 heterocycles. The first kappa shape index (κ1) is 16.0. The van der Waals surface area contributed by atoms with Gasteiger partial charge < -0.3 is 15.5 Å². The average molecular weight is 291 g/mol. The summed E-state index contributed by atoms with van der Waals surface area (Å²) in [5, 5.41) is 19.5. The van der Waals surface area contributed by atoms with E-state index in [4.69, 9.17) is 5.11 Å². The zero-order valence-electron chi connectivity index (χ0n) is 10.1. The summed E-state index contributed by atoms with van der Waals surface area (Å²) in [5.41, 5.74) is 0.486. The molecule has 0 spiro atoms. The summed E-state index contributed by atoms with van der Waals surface area (Å²) in [6, 6.07) is 6.38. The largest absolute Gasteiger partial charge is 0.479 e. The highest BCUT2D eigenvalue weighted by Gasteiger charge is 2.41. The molecule has 5 nitrogen and oxygen atoms in total. The first-order valence-electron chi connectivity index (χ1n) is 5.54. The van der Waals surface area contributed by atoms with Crippen molar-refractivity contribution in [3.63, 3.8) is 0 Å². The molecule has 0 saturated heterocycles. The molecule has 1 aromatic carbocycles. The van der Waals surface area contributed by atoms with E-state index in [9.17, 15) is 27.9 Å². The molecule has 1 unspecified atom stereocenters. The van der Waals surface area contributed by atoms with Crippen LogP contribution in [-0.4, -0.2) is 40.4 Å². The van der Waals surface area contributed by atoms with Gasteiger partial charge in [0.2, 0.25) is 0 Å². The van der Waals surface area contributed by atoms with Crippen LogP contribution < -0.4 is 5.32 Å². The number of carboxylic acid groups (broad SMARTS) is 1. The molecule has 0 aromatic heterocycles. The number of benzene rings is 1. The second-order valence-corrected chi connectivity index (χ2v) is 4.05. The SMILES string of the molecule is O=C(O)C(O)[C@H](Cc1ccccc1)NC(=O)C(F)(F)F. The number of aliphatic hydroxyl groups excluding tert-OH is 1. The van der Waals surface area contributed by atoms with Crippen molar-refractivity contribution in [1.82, 2.24) is 5.32 Å². The van der Waals surface area contributed by atoms with E-state index in [1.165, 1.54) is 5.32 Å². The van der Waals surface area contributed by atoms with Gasteiger partial charge in [0.05, 0.1) is 6.04 Å². The quantitative estimate of drug-likeness (QED) is 0.746. The highest BCUT2D eigenvalue weighted by Crippen LogP contribution is 2.16.